The summed E-state index contributed by atoms with van der Waals surface area (Å²) in [5, 5.41) is 13.4. The van der Waals surface area contributed by atoms with Crippen molar-refractivity contribution in [2.45, 2.75) is 63.5 Å². The summed E-state index contributed by atoms with van der Waals surface area (Å²) in [5.41, 5.74) is 1.49. The Hall–Kier alpha value is -3.03. The van der Waals surface area contributed by atoms with E-state index in [1.165, 1.54) is 5.56 Å². The number of hydrogen-bond donors (Lipinski definition) is 2. The van der Waals surface area contributed by atoms with Gasteiger partial charge in [-0.2, -0.15) is 0 Å². The van der Waals surface area contributed by atoms with Crippen LogP contribution in [0.15, 0.2) is 41.7 Å². The van der Waals surface area contributed by atoms with Gasteiger partial charge in [0.05, 0.1) is 18.7 Å². The third-order valence-electron chi connectivity index (χ3n) is 7.12. The van der Waals surface area contributed by atoms with Crippen molar-refractivity contribution in [1.82, 2.24) is 15.1 Å². The largest absolute Gasteiger partial charge is 0.503 e. The number of aliphatic hydroxyl groups excluding tert-OH is 1. The molecule has 8 heteroatoms. The van der Waals surface area contributed by atoms with Crippen molar-refractivity contribution >= 4 is 17.9 Å². The molecular weight excluding hydrogens is 422 g/mol. The van der Waals surface area contributed by atoms with Crippen molar-refractivity contribution < 1.29 is 24.2 Å². The van der Waals surface area contributed by atoms with Gasteiger partial charge in [-0.25, -0.2) is 4.79 Å². The first-order valence-corrected chi connectivity index (χ1v) is 12.0. The van der Waals surface area contributed by atoms with E-state index in [9.17, 15) is 19.5 Å². The molecule has 0 unspecified atom stereocenters. The number of benzene rings is 1. The zero-order valence-corrected chi connectivity index (χ0v) is 19.2. The fraction of sp³-hybridized carbons (Fsp3) is 0.560. The van der Waals surface area contributed by atoms with Gasteiger partial charge in [0, 0.05) is 25.2 Å². The molecule has 1 saturated carbocycles. The maximum absolute atomic E-state index is 12.9. The molecule has 178 valence electrons. The molecule has 8 nitrogen and oxygen atoms in total. The molecule has 1 aliphatic carbocycles. The Morgan fingerprint density at radius 3 is 2.36 bits per heavy atom. The highest BCUT2D eigenvalue weighted by Crippen LogP contribution is 2.33. The molecule has 3 aliphatic rings. The van der Waals surface area contributed by atoms with E-state index in [1.807, 2.05) is 6.07 Å². The van der Waals surface area contributed by atoms with Crippen molar-refractivity contribution in [3.63, 3.8) is 0 Å². The van der Waals surface area contributed by atoms with Crippen LogP contribution in [0.25, 0.3) is 0 Å². The number of carbonyl (C=O) groups is 3. The maximum atomic E-state index is 12.9. The Labute approximate surface area is 194 Å². The number of likely N-dealkylation sites (tertiary alicyclic amines) is 1. The van der Waals surface area contributed by atoms with Crippen molar-refractivity contribution in [3.8, 4) is 0 Å². The van der Waals surface area contributed by atoms with Crippen LogP contribution < -0.4 is 5.32 Å². The number of amides is 3. The summed E-state index contributed by atoms with van der Waals surface area (Å²) in [5.74, 6) is -0.785. The summed E-state index contributed by atoms with van der Waals surface area (Å²) in [6.07, 6.45) is 4.61. The summed E-state index contributed by atoms with van der Waals surface area (Å²) in [4.78, 5) is 40.6. The summed E-state index contributed by atoms with van der Waals surface area (Å²) in [6.45, 7) is 3.18. The number of rotatable bonds is 5. The third kappa shape index (κ3) is 5.15. The molecule has 0 atom stereocenters. The first-order chi connectivity index (χ1) is 16.0. The summed E-state index contributed by atoms with van der Waals surface area (Å²) < 4.78 is 5.04. The number of hydrogen-bond acceptors (Lipinski definition) is 5. The number of nitrogens with zero attached hydrogens (tertiary/aromatic N) is 2. The Morgan fingerprint density at radius 1 is 1.06 bits per heavy atom. The Bertz CT molecular complexity index is 900. The fourth-order valence-electron chi connectivity index (χ4n) is 5.20. The van der Waals surface area contributed by atoms with E-state index in [0.717, 1.165) is 25.7 Å². The molecular formula is C25H33N3O5. The third-order valence-corrected chi connectivity index (χ3v) is 7.12. The molecule has 1 aromatic carbocycles. The van der Waals surface area contributed by atoms with Crippen LogP contribution in [0, 0.1) is 0 Å². The molecule has 3 amide bonds. The lowest BCUT2D eigenvalue weighted by molar-refractivity contribution is -0.130. The van der Waals surface area contributed by atoms with Crippen LogP contribution >= 0.6 is 0 Å². The SMILES string of the molecule is CCOC(=O)N1CCC(N2CC(C(=O)NC3CCC(c4ccccc4)CC3)=C(O)C2=O)CC1. The summed E-state index contributed by atoms with van der Waals surface area (Å²) >= 11 is 0. The zero-order valence-electron chi connectivity index (χ0n) is 19.2. The van der Waals surface area contributed by atoms with Crippen LogP contribution in [-0.2, 0) is 14.3 Å². The molecule has 2 aliphatic heterocycles. The van der Waals surface area contributed by atoms with Gasteiger partial charge in [-0.1, -0.05) is 30.3 Å². The topological polar surface area (TPSA) is 99.2 Å². The first-order valence-electron chi connectivity index (χ1n) is 12.0. The molecule has 1 saturated heterocycles. The molecule has 0 bridgehead atoms. The van der Waals surface area contributed by atoms with Crippen LogP contribution in [0.2, 0.25) is 0 Å². The van der Waals surface area contributed by atoms with Crippen LogP contribution in [0.5, 0.6) is 0 Å². The average Bonchev–Trinajstić information content (AvgIpc) is 3.15. The fourth-order valence-corrected chi connectivity index (χ4v) is 5.20. The normalized spacial score (nSPS) is 24.2. The lowest BCUT2D eigenvalue weighted by Gasteiger charge is -2.36. The number of ether oxygens (including phenoxy) is 1. The molecule has 1 aromatic rings. The van der Waals surface area contributed by atoms with Crippen molar-refractivity contribution in [3.05, 3.63) is 47.2 Å². The van der Waals surface area contributed by atoms with Gasteiger partial charge in [-0.3, -0.25) is 9.59 Å². The standard InChI is InChI=1S/C25H33N3O5/c1-2-33-25(32)27-14-12-20(13-15-27)28-16-21(22(29)24(28)31)23(30)26-19-10-8-18(9-11-19)17-6-4-3-5-7-17/h3-7,18-20,29H,2,8-16H2,1H3,(H,26,30). The van der Waals surface area contributed by atoms with Crippen LogP contribution in [0.3, 0.4) is 0 Å². The highest BCUT2D eigenvalue weighted by molar-refractivity contribution is 6.07. The highest BCUT2D eigenvalue weighted by Gasteiger charge is 2.40. The summed E-state index contributed by atoms with van der Waals surface area (Å²) in [6, 6.07) is 10.4. The average molecular weight is 456 g/mol. The lowest BCUT2D eigenvalue weighted by Crippen LogP contribution is -2.48. The summed E-state index contributed by atoms with van der Waals surface area (Å²) in [7, 11) is 0. The van der Waals surface area contributed by atoms with E-state index in [1.54, 1.807) is 16.7 Å². The number of aliphatic hydroxyl groups is 1. The van der Waals surface area contributed by atoms with Crippen molar-refractivity contribution in [1.29, 1.82) is 0 Å². The van der Waals surface area contributed by atoms with Gasteiger partial charge in [0.25, 0.3) is 11.8 Å². The molecule has 0 aromatic heterocycles. The molecule has 0 radical (unpaired) electrons. The van der Waals surface area contributed by atoms with Gasteiger partial charge < -0.3 is 25.0 Å². The first kappa shape index (κ1) is 23.1. The predicted octanol–water partition coefficient (Wildman–Crippen LogP) is 3.10. The number of nitrogens with one attached hydrogen (secondary N) is 1. The minimum Gasteiger partial charge on any atom is -0.503 e. The molecule has 0 spiro atoms. The second kappa shape index (κ2) is 10.3. The lowest BCUT2D eigenvalue weighted by atomic mass is 9.82. The van der Waals surface area contributed by atoms with Gasteiger partial charge in [-0.05, 0) is 56.9 Å². The number of carbonyl (C=O) groups excluding carboxylic acids is 3. The molecule has 4 rings (SSSR count). The monoisotopic (exact) mass is 455 g/mol. The predicted molar refractivity (Wildman–Crippen MR) is 123 cm³/mol. The highest BCUT2D eigenvalue weighted by atomic mass is 16.6. The Balaban J connectivity index is 1.28. The molecule has 2 fully saturated rings. The van der Waals surface area contributed by atoms with E-state index >= 15 is 0 Å². The van der Waals surface area contributed by atoms with Gasteiger partial charge in [0.1, 0.15) is 0 Å². The minimum absolute atomic E-state index is 0.0507. The molecule has 33 heavy (non-hydrogen) atoms. The van der Waals surface area contributed by atoms with E-state index in [0.29, 0.717) is 38.5 Å². The zero-order chi connectivity index (χ0) is 23.4. The van der Waals surface area contributed by atoms with Gasteiger partial charge in [0.2, 0.25) is 0 Å². The second-order valence-corrected chi connectivity index (χ2v) is 9.11. The van der Waals surface area contributed by atoms with Crippen molar-refractivity contribution in [2.24, 2.45) is 0 Å². The van der Waals surface area contributed by atoms with E-state index < -0.39 is 11.7 Å². The maximum Gasteiger partial charge on any atom is 0.409 e. The Kier molecular flexibility index (Phi) is 7.20. The van der Waals surface area contributed by atoms with Crippen LogP contribution in [0.1, 0.15) is 56.9 Å². The molecule has 2 heterocycles. The van der Waals surface area contributed by atoms with Gasteiger partial charge in [-0.15, -0.1) is 0 Å². The second-order valence-electron chi connectivity index (χ2n) is 9.11. The number of piperidine rings is 1. The van der Waals surface area contributed by atoms with E-state index in [4.69, 9.17) is 4.74 Å². The van der Waals surface area contributed by atoms with Crippen molar-refractivity contribution in [2.75, 3.05) is 26.2 Å². The van der Waals surface area contributed by atoms with Crippen LogP contribution in [0.4, 0.5) is 4.79 Å². The van der Waals surface area contributed by atoms with Crippen LogP contribution in [-0.4, -0.2) is 71.1 Å². The van der Waals surface area contributed by atoms with Gasteiger partial charge >= 0.3 is 6.09 Å². The van der Waals surface area contributed by atoms with E-state index in [2.05, 4.69) is 29.6 Å². The minimum atomic E-state index is -0.498. The van der Waals surface area contributed by atoms with E-state index in [-0.39, 0.29) is 36.2 Å². The smallest absolute Gasteiger partial charge is 0.409 e. The van der Waals surface area contributed by atoms with Gasteiger partial charge in [0.15, 0.2) is 5.76 Å². The Morgan fingerprint density at radius 2 is 1.73 bits per heavy atom. The quantitative estimate of drug-likeness (QED) is 0.711. The molecule has 2 N–H and O–H groups in total.